The summed E-state index contributed by atoms with van der Waals surface area (Å²) < 4.78 is 4.93. The molecular formula is C14H17NO4. The number of hydrogen-bond donors (Lipinski definition) is 1. The molecule has 19 heavy (non-hydrogen) atoms. The van der Waals surface area contributed by atoms with Gasteiger partial charge in [0.05, 0.1) is 6.42 Å². The van der Waals surface area contributed by atoms with Crippen LogP contribution in [0.15, 0.2) is 30.3 Å². The third-order valence-corrected chi connectivity index (χ3v) is 2.40. The summed E-state index contributed by atoms with van der Waals surface area (Å²) in [5, 5.41) is 2.63. The monoisotopic (exact) mass is 263 g/mol. The number of carbonyl (C=O) groups is 3. The fraction of sp³-hybridized carbons (Fsp3) is 0.357. The number of ether oxygens (including phenoxy) is 1. The quantitative estimate of drug-likeness (QED) is 0.796. The summed E-state index contributed by atoms with van der Waals surface area (Å²) in [5.41, 5.74) is 0.638. The van der Waals surface area contributed by atoms with Gasteiger partial charge in [-0.2, -0.15) is 0 Å². The van der Waals surface area contributed by atoms with Gasteiger partial charge in [0.25, 0.3) is 5.91 Å². The standard InChI is InChI=1S/C14H17NO4/c1-10(16)8-9-13(17)19-11(2)14(18)15-12-6-4-3-5-7-12/h3-7,11H,8-9H2,1-2H3,(H,15,18)/t11-/m0/s1. The molecule has 102 valence electrons. The number of anilines is 1. The molecule has 1 atom stereocenters. The van der Waals surface area contributed by atoms with Crippen LogP contribution in [0.2, 0.25) is 0 Å². The lowest BCUT2D eigenvalue weighted by atomic mass is 10.2. The second kappa shape index (κ2) is 7.31. The number of para-hydroxylation sites is 1. The summed E-state index contributed by atoms with van der Waals surface area (Å²) in [6.07, 6.45) is -0.760. The molecule has 1 N–H and O–H groups in total. The Balaban J connectivity index is 2.40. The Bertz CT molecular complexity index is 456. The number of Topliss-reactive ketones (excluding diaryl/α,β-unsaturated/α-hetero) is 1. The Morgan fingerprint density at radius 3 is 2.37 bits per heavy atom. The molecule has 0 fully saturated rings. The van der Waals surface area contributed by atoms with E-state index in [1.54, 1.807) is 24.3 Å². The van der Waals surface area contributed by atoms with Crippen molar-refractivity contribution >= 4 is 23.3 Å². The normalized spacial score (nSPS) is 11.5. The molecule has 0 radical (unpaired) electrons. The van der Waals surface area contributed by atoms with Crippen molar-refractivity contribution in [1.82, 2.24) is 0 Å². The van der Waals surface area contributed by atoms with Crippen LogP contribution >= 0.6 is 0 Å². The van der Waals surface area contributed by atoms with Crippen molar-refractivity contribution in [2.24, 2.45) is 0 Å². The van der Waals surface area contributed by atoms with Crippen molar-refractivity contribution < 1.29 is 19.1 Å². The molecule has 0 spiro atoms. The van der Waals surface area contributed by atoms with Gasteiger partial charge in [-0.05, 0) is 26.0 Å². The number of carbonyl (C=O) groups excluding carboxylic acids is 3. The largest absolute Gasteiger partial charge is 0.453 e. The summed E-state index contributed by atoms with van der Waals surface area (Å²) in [5.74, 6) is -1.04. The van der Waals surface area contributed by atoms with E-state index >= 15 is 0 Å². The maximum atomic E-state index is 11.7. The van der Waals surface area contributed by atoms with Crippen molar-refractivity contribution in [3.63, 3.8) is 0 Å². The van der Waals surface area contributed by atoms with Crippen molar-refractivity contribution in [3.05, 3.63) is 30.3 Å². The zero-order chi connectivity index (χ0) is 14.3. The summed E-state index contributed by atoms with van der Waals surface area (Å²) in [6, 6.07) is 8.89. The lowest BCUT2D eigenvalue weighted by Crippen LogP contribution is -2.30. The molecule has 1 aromatic rings. The maximum Gasteiger partial charge on any atom is 0.307 e. The topological polar surface area (TPSA) is 72.5 Å². The van der Waals surface area contributed by atoms with E-state index < -0.39 is 18.0 Å². The number of ketones is 1. The number of hydrogen-bond acceptors (Lipinski definition) is 4. The molecular weight excluding hydrogens is 246 g/mol. The molecule has 1 aromatic carbocycles. The van der Waals surface area contributed by atoms with Gasteiger partial charge in [0, 0.05) is 12.1 Å². The molecule has 0 saturated heterocycles. The van der Waals surface area contributed by atoms with Gasteiger partial charge < -0.3 is 14.8 Å². The number of nitrogens with one attached hydrogen (secondary N) is 1. The zero-order valence-corrected chi connectivity index (χ0v) is 11.0. The molecule has 5 nitrogen and oxygen atoms in total. The highest BCUT2D eigenvalue weighted by Crippen LogP contribution is 2.07. The Morgan fingerprint density at radius 1 is 1.16 bits per heavy atom. The van der Waals surface area contributed by atoms with E-state index in [0.717, 1.165) is 0 Å². The van der Waals surface area contributed by atoms with Crippen molar-refractivity contribution in [2.45, 2.75) is 32.8 Å². The van der Waals surface area contributed by atoms with E-state index in [-0.39, 0.29) is 18.6 Å². The first-order valence-corrected chi connectivity index (χ1v) is 6.04. The van der Waals surface area contributed by atoms with Gasteiger partial charge in [-0.1, -0.05) is 18.2 Å². The smallest absolute Gasteiger partial charge is 0.307 e. The third kappa shape index (κ3) is 5.81. The van der Waals surface area contributed by atoms with Gasteiger partial charge in [-0.15, -0.1) is 0 Å². The first-order valence-electron chi connectivity index (χ1n) is 6.04. The number of esters is 1. The molecule has 0 aromatic heterocycles. The highest BCUT2D eigenvalue weighted by atomic mass is 16.5. The van der Waals surface area contributed by atoms with E-state index in [0.29, 0.717) is 5.69 Å². The average molecular weight is 263 g/mol. The highest BCUT2D eigenvalue weighted by Gasteiger charge is 2.17. The Hall–Kier alpha value is -2.17. The van der Waals surface area contributed by atoms with E-state index in [1.165, 1.54) is 13.8 Å². The van der Waals surface area contributed by atoms with Crippen LogP contribution in [-0.2, 0) is 19.1 Å². The molecule has 0 aliphatic rings. The number of rotatable bonds is 6. The number of amides is 1. The van der Waals surface area contributed by atoms with Gasteiger partial charge in [-0.25, -0.2) is 0 Å². The van der Waals surface area contributed by atoms with Crippen LogP contribution in [0.25, 0.3) is 0 Å². The van der Waals surface area contributed by atoms with Crippen LogP contribution in [0.3, 0.4) is 0 Å². The second-order valence-corrected chi connectivity index (χ2v) is 4.19. The van der Waals surface area contributed by atoms with Crippen LogP contribution in [0.5, 0.6) is 0 Å². The summed E-state index contributed by atoms with van der Waals surface area (Å²) in [6.45, 7) is 2.89. The van der Waals surface area contributed by atoms with E-state index in [1.807, 2.05) is 6.07 Å². The van der Waals surface area contributed by atoms with Crippen molar-refractivity contribution in [1.29, 1.82) is 0 Å². The van der Waals surface area contributed by atoms with Gasteiger partial charge in [-0.3, -0.25) is 9.59 Å². The van der Waals surface area contributed by atoms with E-state index in [4.69, 9.17) is 4.74 Å². The van der Waals surface area contributed by atoms with Crippen molar-refractivity contribution in [2.75, 3.05) is 5.32 Å². The van der Waals surface area contributed by atoms with Gasteiger partial charge >= 0.3 is 5.97 Å². The van der Waals surface area contributed by atoms with Crippen LogP contribution in [0.4, 0.5) is 5.69 Å². The number of benzene rings is 1. The molecule has 0 saturated carbocycles. The third-order valence-electron chi connectivity index (χ3n) is 2.40. The minimum atomic E-state index is -0.889. The molecule has 5 heteroatoms. The molecule has 0 unspecified atom stereocenters. The average Bonchev–Trinajstić information content (AvgIpc) is 2.37. The Morgan fingerprint density at radius 2 is 1.79 bits per heavy atom. The van der Waals surface area contributed by atoms with E-state index in [9.17, 15) is 14.4 Å². The molecule has 0 aliphatic carbocycles. The van der Waals surface area contributed by atoms with Gasteiger partial charge in [0.15, 0.2) is 6.10 Å². The van der Waals surface area contributed by atoms with Gasteiger partial charge in [0.1, 0.15) is 5.78 Å². The lowest BCUT2D eigenvalue weighted by Gasteiger charge is -2.13. The summed E-state index contributed by atoms with van der Waals surface area (Å²) >= 11 is 0. The molecule has 0 aliphatic heterocycles. The fourth-order valence-electron chi connectivity index (χ4n) is 1.35. The predicted octanol–water partition coefficient (Wildman–Crippen LogP) is 1.93. The van der Waals surface area contributed by atoms with Gasteiger partial charge in [0.2, 0.25) is 0 Å². The predicted molar refractivity (Wildman–Crippen MR) is 70.5 cm³/mol. The first-order chi connectivity index (χ1) is 8.99. The minimum Gasteiger partial charge on any atom is -0.453 e. The Labute approximate surface area is 111 Å². The summed E-state index contributed by atoms with van der Waals surface area (Å²) in [4.78, 5) is 33.8. The fourth-order valence-corrected chi connectivity index (χ4v) is 1.35. The summed E-state index contributed by atoms with van der Waals surface area (Å²) in [7, 11) is 0. The lowest BCUT2D eigenvalue weighted by molar-refractivity contribution is -0.153. The maximum absolute atomic E-state index is 11.7. The van der Waals surface area contributed by atoms with Crippen LogP contribution < -0.4 is 5.32 Å². The molecule has 1 amide bonds. The zero-order valence-electron chi connectivity index (χ0n) is 11.0. The van der Waals surface area contributed by atoms with Crippen molar-refractivity contribution in [3.8, 4) is 0 Å². The molecule has 0 heterocycles. The molecule has 0 bridgehead atoms. The van der Waals surface area contributed by atoms with E-state index in [2.05, 4.69) is 5.32 Å². The Kier molecular flexibility index (Phi) is 5.73. The van der Waals surface area contributed by atoms with Crippen LogP contribution in [0, 0.1) is 0 Å². The highest BCUT2D eigenvalue weighted by molar-refractivity contribution is 5.95. The molecule has 1 rings (SSSR count). The second-order valence-electron chi connectivity index (χ2n) is 4.19. The SMILES string of the molecule is CC(=O)CCC(=O)O[C@@H](C)C(=O)Nc1ccccc1. The minimum absolute atomic E-state index is 0.00170. The van der Waals surface area contributed by atoms with Crippen LogP contribution in [-0.4, -0.2) is 23.8 Å². The van der Waals surface area contributed by atoms with Crippen LogP contribution in [0.1, 0.15) is 26.7 Å². The first kappa shape index (κ1) is 14.9.